The van der Waals surface area contributed by atoms with Crippen LogP contribution in [0, 0.1) is 6.92 Å². The van der Waals surface area contributed by atoms with Crippen molar-refractivity contribution in [2.75, 3.05) is 31.6 Å². The maximum atomic E-state index is 13.1. The van der Waals surface area contributed by atoms with Crippen LogP contribution in [0.3, 0.4) is 0 Å². The Kier molecular flexibility index (Phi) is 5.58. The van der Waals surface area contributed by atoms with E-state index in [4.69, 9.17) is 32.9 Å². The number of amides is 1. The molecule has 0 atom stereocenters. The summed E-state index contributed by atoms with van der Waals surface area (Å²) in [6.45, 7) is 8.69. The quantitative estimate of drug-likeness (QED) is 0.601. The van der Waals surface area contributed by atoms with Crippen LogP contribution in [0.15, 0.2) is 18.5 Å². The summed E-state index contributed by atoms with van der Waals surface area (Å²) in [4.78, 5) is 24.1. The minimum atomic E-state index is -0.910. The van der Waals surface area contributed by atoms with Crippen LogP contribution in [0.1, 0.15) is 25.0 Å². The normalized spacial score (nSPS) is 15.8. The first-order valence-electron chi connectivity index (χ1n) is 10.9. The maximum Gasteiger partial charge on any atom is 0.250 e. The second-order valence-corrected chi connectivity index (χ2v) is 9.58. The molecule has 2 aliphatic heterocycles. The molecular formula is C22H25Cl2N7O2. The molecule has 0 bridgehead atoms. The van der Waals surface area contributed by atoms with E-state index in [2.05, 4.69) is 20.0 Å². The molecule has 3 aromatic heterocycles. The molecule has 0 saturated carbocycles. The Morgan fingerprint density at radius 1 is 1.21 bits per heavy atom. The molecule has 5 rings (SSSR count). The third kappa shape index (κ3) is 3.88. The molecule has 0 radical (unpaired) electrons. The number of nitrogens with one attached hydrogen (secondary N) is 1. The Bertz CT molecular complexity index is 1230. The lowest BCUT2D eigenvalue weighted by Gasteiger charge is -2.34. The van der Waals surface area contributed by atoms with Crippen LogP contribution in [-0.4, -0.2) is 61.4 Å². The van der Waals surface area contributed by atoms with Crippen molar-refractivity contribution in [3.8, 4) is 11.4 Å². The summed E-state index contributed by atoms with van der Waals surface area (Å²) in [5, 5.41) is 8.51. The van der Waals surface area contributed by atoms with Crippen LogP contribution in [0.2, 0.25) is 10.3 Å². The van der Waals surface area contributed by atoms with E-state index in [1.165, 1.54) is 0 Å². The molecule has 0 unspecified atom stereocenters. The van der Waals surface area contributed by atoms with Crippen molar-refractivity contribution in [2.24, 2.45) is 0 Å². The molecule has 174 valence electrons. The number of anilines is 2. The van der Waals surface area contributed by atoms with Gasteiger partial charge in [0.25, 0.3) is 0 Å². The summed E-state index contributed by atoms with van der Waals surface area (Å²) in [5.41, 5.74) is 3.62. The SMILES string of the molecule is Cc1cc(Cl)n2c1-c1nc(Nc3cn(C(C)(C)C(=O)N4CCOCC4)nc3Cl)ncc1CC2. The van der Waals surface area contributed by atoms with Crippen molar-refractivity contribution in [1.29, 1.82) is 0 Å². The lowest BCUT2D eigenvalue weighted by atomic mass is 10.0. The third-order valence-corrected chi connectivity index (χ3v) is 6.83. The van der Waals surface area contributed by atoms with Crippen LogP contribution >= 0.6 is 23.2 Å². The van der Waals surface area contributed by atoms with Gasteiger partial charge >= 0.3 is 0 Å². The van der Waals surface area contributed by atoms with Crippen molar-refractivity contribution in [3.63, 3.8) is 0 Å². The molecule has 1 amide bonds. The number of rotatable bonds is 4. The van der Waals surface area contributed by atoms with E-state index in [1.54, 1.807) is 15.8 Å². The minimum Gasteiger partial charge on any atom is -0.378 e. The number of aromatic nitrogens is 5. The van der Waals surface area contributed by atoms with E-state index >= 15 is 0 Å². The van der Waals surface area contributed by atoms with Crippen LogP contribution in [0.25, 0.3) is 11.4 Å². The summed E-state index contributed by atoms with van der Waals surface area (Å²) in [7, 11) is 0. The van der Waals surface area contributed by atoms with Crippen LogP contribution < -0.4 is 5.32 Å². The molecule has 5 heterocycles. The highest BCUT2D eigenvalue weighted by Gasteiger charge is 2.36. The van der Waals surface area contributed by atoms with Gasteiger partial charge in [0, 0.05) is 31.4 Å². The number of halogens is 2. The predicted octanol–water partition coefficient (Wildman–Crippen LogP) is 3.65. The second kappa shape index (κ2) is 8.30. The second-order valence-electron chi connectivity index (χ2n) is 8.83. The third-order valence-electron chi connectivity index (χ3n) is 6.24. The Morgan fingerprint density at radius 2 is 1.97 bits per heavy atom. The first-order chi connectivity index (χ1) is 15.8. The fourth-order valence-electron chi connectivity index (χ4n) is 4.36. The Balaban J connectivity index is 1.42. The number of nitrogens with zero attached hydrogens (tertiary/aromatic N) is 6. The molecule has 0 spiro atoms. The standard InChI is InChI=1S/C22H25Cl2N7O2/c1-13-10-16(23)30-5-4-14-11-25-21(27-17(14)18(13)30)26-15-12-31(28-19(15)24)22(2,3)20(32)29-6-8-33-9-7-29/h10-12H,4-9H2,1-3H3,(H,25,26,27). The van der Waals surface area contributed by atoms with Gasteiger partial charge in [-0.05, 0) is 38.8 Å². The summed E-state index contributed by atoms with van der Waals surface area (Å²) in [6.07, 6.45) is 4.36. The van der Waals surface area contributed by atoms with Gasteiger partial charge in [0.1, 0.15) is 10.7 Å². The first kappa shape index (κ1) is 22.2. The van der Waals surface area contributed by atoms with E-state index in [1.807, 2.05) is 33.0 Å². The average Bonchev–Trinajstić information content (AvgIpc) is 3.33. The zero-order chi connectivity index (χ0) is 23.3. The number of fused-ring (bicyclic) bond motifs is 3. The topological polar surface area (TPSA) is 90.1 Å². The van der Waals surface area contributed by atoms with Crippen molar-refractivity contribution >= 4 is 40.7 Å². The van der Waals surface area contributed by atoms with Gasteiger partial charge in [-0.3, -0.25) is 9.48 Å². The van der Waals surface area contributed by atoms with Crippen molar-refractivity contribution < 1.29 is 9.53 Å². The van der Waals surface area contributed by atoms with E-state index in [-0.39, 0.29) is 11.1 Å². The minimum absolute atomic E-state index is 0.0327. The zero-order valence-corrected chi connectivity index (χ0v) is 20.2. The average molecular weight is 490 g/mol. The molecular weight excluding hydrogens is 465 g/mol. The molecule has 11 heteroatoms. The molecule has 0 aromatic carbocycles. The molecule has 2 aliphatic rings. The van der Waals surface area contributed by atoms with E-state index in [9.17, 15) is 4.79 Å². The zero-order valence-electron chi connectivity index (χ0n) is 18.7. The van der Waals surface area contributed by atoms with Crippen LogP contribution in [0.4, 0.5) is 11.6 Å². The molecule has 3 aromatic rings. The Labute approximate surface area is 201 Å². The number of hydrogen-bond donors (Lipinski definition) is 1. The van der Waals surface area contributed by atoms with Crippen LogP contribution in [-0.2, 0) is 28.0 Å². The summed E-state index contributed by atoms with van der Waals surface area (Å²) in [6, 6.07) is 1.95. The van der Waals surface area contributed by atoms with Crippen molar-refractivity contribution in [2.45, 2.75) is 39.3 Å². The largest absolute Gasteiger partial charge is 0.378 e. The van der Waals surface area contributed by atoms with Gasteiger partial charge in [-0.15, -0.1) is 0 Å². The fraction of sp³-hybridized carbons (Fsp3) is 0.455. The summed E-state index contributed by atoms with van der Waals surface area (Å²) < 4.78 is 9.01. The molecule has 1 saturated heterocycles. The first-order valence-corrected chi connectivity index (χ1v) is 11.6. The highest BCUT2D eigenvalue weighted by molar-refractivity contribution is 6.32. The highest BCUT2D eigenvalue weighted by atomic mass is 35.5. The van der Waals surface area contributed by atoms with E-state index in [0.29, 0.717) is 43.1 Å². The smallest absolute Gasteiger partial charge is 0.250 e. The number of aryl methyl sites for hydroxylation is 2. The lowest BCUT2D eigenvalue weighted by molar-refractivity contribution is -0.143. The number of ether oxygens (including phenoxy) is 1. The molecule has 9 nitrogen and oxygen atoms in total. The predicted molar refractivity (Wildman–Crippen MR) is 126 cm³/mol. The summed E-state index contributed by atoms with van der Waals surface area (Å²) in [5.74, 6) is 0.368. The number of morpholine rings is 1. The van der Waals surface area contributed by atoms with Gasteiger partial charge in [0.15, 0.2) is 5.15 Å². The number of hydrogen-bond acceptors (Lipinski definition) is 6. The lowest BCUT2D eigenvalue weighted by Crippen LogP contribution is -2.51. The van der Waals surface area contributed by atoms with Gasteiger partial charge in [-0.1, -0.05) is 23.2 Å². The Hall–Kier alpha value is -2.62. The van der Waals surface area contributed by atoms with Crippen molar-refractivity contribution in [3.05, 3.63) is 39.9 Å². The van der Waals surface area contributed by atoms with Crippen LogP contribution in [0.5, 0.6) is 0 Å². The van der Waals surface area contributed by atoms with E-state index in [0.717, 1.165) is 35.5 Å². The molecule has 1 N–H and O–H groups in total. The van der Waals surface area contributed by atoms with Gasteiger partial charge in [-0.2, -0.15) is 5.10 Å². The van der Waals surface area contributed by atoms with Gasteiger partial charge in [-0.25, -0.2) is 9.97 Å². The monoisotopic (exact) mass is 489 g/mol. The maximum absolute atomic E-state index is 13.1. The molecule has 1 fully saturated rings. The number of carbonyl (C=O) groups is 1. The van der Waals surface area contributed by atoms with Crippen molar-refractivity contribution in [1.82, 2.24) is 29.2 Å². The number of carbonyl (C=O) groups excluding carboxylic acids is 1. The molecule has 0 aliphatic carbocycles. The fourth-order valence-corrected chi connectivity index (χ4v) is 4.87. The highest BCUT2D eigenvalue weighted by Crippen LogP contribution is 2.36. The van der Waals surface area contributed by atoms with Gasteiger partial charge in [0.05, 0.1) is 36.5 Å². The summed E-state index contributed by atoms with van der Waals surface area (Å²) >= 11 is 12.8. The molecule has 33 heavy (non-hydrogen) atoms. The van der Waals surface area contributed by atoms with Gasteiger partial charge in [0.2, 0.25) is 11.9 Å². The van der Waals surface area contributed by atoms with Gasteiger partial charge < -0.3 is 19.5 Å². The Morgan fingerprint density at radius 3 is 2.73 bits per heavy atom. The van der Waals surface area contributed by atoms with E-state index < -0.39 is 5.54 Å².